The first kappa shape index (κ1) is 12.4. The second kappa shape index (κ2) is 5.44. The van der Waals surface area contributed by atoms with E-state index in [1.807, 2.05) is 0 Å². The van der Waals surface area contributed by atoms with E-state index in [2.05, 4.69) is 22.2 Å². The third-order valence-electron chi connectivity index (χ3n) is 2.30. The van der Waals surface area contributed by atoms with Gasteiger partial charge >= 0.3 is 0 Å². The second-order valence-electron chi connectivity index (χ2n) is 3.76. The van der Waals surface area contributed by atoms with Crippen LogP contribution < -0.4 is 10.9 Å². The zero-order valence-corrected chi connectivity index (χ0v) is 9.89. The zero-order valence-electron chi connectivity index (χ0n) is 9.89. The van der Waals surface area contributed by atoms with Gasteiger partial charge in [-0.25, -0.2) is 4.98 Å². The van der Waals surface area contributed by atoms with Gasteiger partial charge in [-0.05, 0) is 19.8 Å². The van der Waals surface area contributed by atoms with Gasteiger partial charge in [-0.15, -0.1) is 0 Å². The lowest BCUT2D eigenvalue weighted by atomic mass is 10.1. The van der Waals surface area contributed by atoms with Crippen LogP contribution in [0.5, 0.6) is 0 Å². The first-order valence-electron chi connectivity index (χ1n) is 5.42. The van der Waals surface area contributed by atoms with Gasteiger partial charge in [-0.3, -0.25) is 19.9 Å². The lowest BCUT2D eigenvalue weighted by molar-refractivity contribution is -0.114. The molecule has 1 heterocycles. The van der Waals surface area contributed by atoms with Crippen molar-refractivity contribution >= 4 is 11.9 Å². The van der Waals surface area contributed by atoms with Crippen molar-refractivity contribution in [1.29, 1.82) is 0 Å². The Bertz CT molecular complexity index is 437. The molecule has 0 radical (unpaired) electrons. The monoisotopic (exact) mass is 223 g/mol. The molecular formula is C11H17N3O2. The minimum Gasteiger partial charge on any atom is -0.296 e. The van der Waals surface area contributed by atoms with E-state index in [0.29, 0.717) is 11.3 Å². The number of carbonyl (C=O) groups excluding carboxylic acids is 1. The summed E-state index contributed by atoms with van der Waals surface area (Å²) in [5.41, 5.74) is 1.22. The highest BCUT2D eigenvalue weighted by Gasteiger charge is 2.08. The van der Waals surface area contributed by atoms with E-state index < -0.39 is 0 Å². The molecule has 5 nitrogen and oxygen atoms in total. The molecular weight excluding hydrogens is 206 g/mol. The lowest BCUT2D eigenvalue weighted by Crippen LogP contribution is -2.20. The number of anilines is 1. The minimum atomic E-state index is -0.246. The molecule has 0 saturated heterocycles. The Kier molecular flexibility index (Phi) is 4.22. The van der Waals surface area contributed by atoms with E-state index in [1.165, 1.54) is 6.92 Å². The van der Waals surface area contributed by atoms with Gasteiger partial charge in [0.05, 0.1) is 0 Å². The molecule has 0 aromatic carbocycles. The lowest BCUT2D eigenvalue weighted by Gasteiger charge is -2.06. The molecule has 0 bridgehead atoms. The van der Waals surface area contributed by atoms with Gasteiger partial charge in [0.15, 0.2) is 0 Å². The molecule has 0 aliphatic rings. The highest BCUT2D eigenvalue weighted by molar-refractivity contribution is 5.86. The van der Waals surface area contributed by atoms with E-state index in [-0.39, 0.29) is 17.4 Å². The first-order chi connectivity index (χ1) is 7.54. The Morgan fingerprint density at radius 3 is 2.69 bits per heavy atom. The number of rotatable bonds is 4. The van der Waals surface area contributed by atoms with Crippen molar-refractivity contribution in [1.82, 2.24) is 9.97 Å². The van der Waals surface area contributed by atoms with Gasteiger partial charge < -0.3 is 0 Å². The van der Waals surface area contributed by atoms with Crippen LogP contribution in [-0.4, -0.2) is 15.9 Å². The van der Waals surface area contributed by atoms with Gasteiger partial charge in [-0.2, -0.15) is 0 Å². The minimum absolute atomic E-state index is 0.162. The van der Waals surface area contributed by atoms with Crippen molar-refractivity contribution in [3.63, 3.8) is 0 Å². The van der Waals surface area contributed by atoms with E-state index in [9.17, 15) is 9.59 Å². The number of hydrogen-bond acceptors (Lipinski definition) is 3. The van der Waals surface area contributed by atoms with Crippen LogP contribution >= 0.6 is 0 Å². The molecule has 2 N–H and O–H groups in total. The average molecular weight is 223 g/mol. The van der Waals surface area contributed by atoms with E-state index >= 15 is 0 Å². The zero-order chi connectivity index (χ0) is 12.1. The Morgan fingerprint density at radius 1 is 1.50 bits per heavy atom. The van der Waals surface area contributed by atoms with E-state index in [1.54, 1.807) is 6.92 Å². The second-order valence-corrected chi connectivity index (χ2v) is 3.76. The summed E-state index contributed by atoms with van der Waals surface area (Å²) >= 11 is 0. The highest BCUT2D eigenvalue weighted by Crippen LogP contribution is 2.06. The van der Waals surface area contributed by atoms with E-state index in [4.69, 9.17) is 0 Å². The standard InChI is InChI=1S/C11H17N3O2/c1-4-5-6-9-7(2)12-11(13-8(3)15)14-10(9)16/h4-6H2,1-3H3,(H2,12,13,14,15,16). The van der Waals surface area contributed by atoms with Crippen LogP contribution in [0.2, 0.25) is 0 Å². The fourth-order valence-corrected chi connectivity index (χ4v) is 1.48. The Balaban J connectivity index is 2.98. The van der Waals surface area contributed by atoms with Crippen molar-refractivity contribution in [3.05, 3.63) is 21.6 Å². The van der Waals surface area contributed by atoms with Crippen LogP contribution in [0, 0.1) is 6.92 Å². The maximum Gasteiger partial charge on any atom is 0.255 e. The smallest absolute Gasteiger partial charge is 0.255 e. The van der Waals surface area contributed by atoms with Gasteiger partial charge in [-0.1, -0.05) is 13.3 Å². The number of nitrogens with one attached hydrogen (secondary N) is 2. The number of hydrogen-bond donors (Lipinski definition) is 2. The molecule has 0 fully saturated rings. The number of carbonyl (C=O) groups is 1. The molecule has 1 amide bonds. The summed E-state index contributed by atoms with van der Waals surface area (Å²) in [5, 5.41) is 2.46. The fraction of sp³-hybridized carbons (Fsp3) is 0.545. The summed E-state index contributed by atoms with van der Waals surface area (Å²) < 4.78 is 0. The van der Waals surface area contributed by atoms with Gasteiger partial charge in [0.1, 0.15) is 0 Å². The molecule has 0 unspecified atom stereocenters. The number of H-pyrrole nitrogens is 1. The SMILES string of the molecule is CCCCc1c(C)nc(NC(C)=O)[nH]c1=O. The third kappa shape index (κ3) is 3.18. The Morgan fingerprint density at radius 2 is 2.19 bits per heavy atom. The maximum atomic E-state index is 11.7. The van der Waals surface area contributed by atoms with Crippen LogP contribution in [0.3, 0.4) is 0 Å². The average Bonchev–Trinajstić information content (AvgIpc) is 2.15. The third-order valence-corrected chi connectivity index (χ3v) is 2.30. The Labute approximate surface area is 94.3 Å². The number of amides is 1. The van der Waals surface area contributed by atoms with Gasteiger partial charge in [0.25, 0.3) is 5.56 Å². The van der Waals surface area contributed by atoms with Crippen LogP contribution in [0.25, 0.3) is 0 Å². The predicted octanol–water partition coefficient (Wildman–Crippen LogP) is 1.38. The number of nitrogens with zero attached hydrogens (tertiary/aromatic N) is 1. The summed E-state index contributed by atoms with van der Waals surface area (Å²) in [7, 11) is 0. The number of unbranched alkanes of at least 4 members (excludes halogenated alkanes) is 1. The molecule has 88 valence electrons. The maximum absolute atomic E-state index is 11.7. The molecule has 0 saturated carbocycles. The van der Waals surface area contributed by atoms with Crippen molar-refractivity contribution in [2.24, 2.45) is 0 Å². The highest BCUT2D eigenvalue weighted by atomic mass is 16.1. The van der Waals surface area contributed by atoms with Crippen LogP contribution in [0.4, 0.5) is 5.95 Å². The summed E-state index contributed by atoms with van der Waals surface area (Å²) in [6.45, 7) is 5.23. The molecule has 1 rings (SSSR count). The molecule has 1 aromatic rings. The van der Waals surface area contributed by atoms with Crippen molar-refractivity contribution in [2.45, 2.75) is 40.0 Å². The number of aromatic nitrogens is 2. The Hall–Kier alpha value is -1.65. The van der Waals surface area contributed by atoms with Crippen LogP contribution in [0.15, 0.2) is 4.79 Å². The quantitative estimate of drug-likeness (QED) is 0.809. The molecule has 16 heavy (non-hydrogen) atoms. The molecule has 1 aromatic heterocycles. The topological polar surface area (TPSA) is 74.8 Å². The summed E-state index contributed by atoms with van der Waals surface area (Å²) in [4.78, 5) is 29.2. The number of aryl methyl sites for hydroxylation is 1. The fourth-order valence-electron chi connectivity index (χ4n) is 1.48. The van der Waals surface area contributed by atoms with Crippen molar-refractivity contribution in [3.8, 4) is 0 Å². The van der Waals surface area contributed by atoms with Crippen LogP contribution in [-0.2, 0) is 11.2 Å². The first-order valence-corrected chi connectivity index (χ1v) is 5.42. The molecule has 5 heteroatoms. The number of aromatic amines is 1. The largest absolute Gasteiger partial charge is 0.296 e. The van der Waals surface area contributed by atoms with E-state index in [0.717, 1.165) is 19.3 Å². The molecule has 0 aliphatic heterocycles. The van der Waals surface area contributed by atoms with Crippen molar-refractivity contribution in [2.75, 3.05) is 5.32 Å². The van der Waals surface area contributed by atoms with Gasteiger partial charge in [0.2, 0.25) is 11.9 Å². The summed E-state index contributed by atoms with van der Waals surface area (Å²) in [6.07, 6.45) is 2.72. The van der Waals surface area contributed by atoms with Crippen molar-refractivity contribution < 1.29 is 4.79 Å². The normalized spacial score (nSPS) is 10.2. The van der Waals surface area contributed by atoms with Crippen LogP contribution in [0.1, 0.15) is 37.9 Å². The molecule has 0 atom stereocenters. The predicted molar refractivity (Wildman–Crippen MR) is 62.5 cm³/mol. The molecule has 0 aliphatic carbocycles. The van der Waals surface area contributed by atoms with Gasteiger partial charge in [0, 0.05) is 18.2 Å². The summed E-state index contributed by atoms with van der Waals surface area (Å²) in [6, 6.07) is 0. The molecule has 0 spiro atoms. The summed E-state index contributed by atoms with van der Waals surface area (Å²) in [5.74, 6) is -0.0286.